The highest BCUT2D eigenvalue weighted by Gasteiger charge is 2.19. The van der Waals surface area contributed by atoms with E-state index in [0.29, 0.717) is 39.9 Å². The van der Waals surface area contributed by atoms with Gasteiger partial charge >= 0.3 is 5.97 Å². The van der Waals surface area contributed by atoms with Crippen LogP contribution < -0.4 is 5.32 Å². The lowest BCUT2D eigenvalue weighted by atomic mass is 10.1. The molecule has 140 valence electrons. The maximum Gasteiger partial charge on any atom is 0.339 e. The van der Waals surface area contributed by atoms with Gasteiger partial charge in [-0.25, -0.2) is 14.8 Å². The summed E-state index contributed by atoms with van der Waals surface area (Å²) in [5.41, 5.74) is 3.68. The average Bonchev–Trinajstić information content (AvgIpc) is 3.14. The predicted molar refractivity (Wildman–Crippen MR) is 103 cm³/mol. The van der Waals surface area contributed by atoms with Crippen LogP contribution in [0.5, 0.6) is 0 Å². The number of hydrogen-bond acceptors (Lipinski definition) is 8. The number of anilines is 2. The zero-order valence-corrected chi connectivity index (χ0v) is 15.6. The molecular formula is C20H17N5O3. The van der Waals surface area contributed by atoms with E-state index in [1.807, 2.05) is 25.1 Å². The van der Waals surface area contributed by atoms with Gasteiger partial charge in [-0.05, 0) is 38.1 Å². The Labute approximate surface area is 160 Å². The minimum atomic E-state index is -0.439. The lowest BCUT2D eigenvalue weighted by molar-refractivity contribution is 0.0602. The molecule has 3 aromatic heterocycles. The lowest BCUT2D eigenvalue weighted by Crippen LogP contribution is -2.06. The fraction of sp³-hybridized carbons (Fsp3) is 0.150. The van der Waals surface area contributed by atoms with Crippen molar-refractivity contribution < 1.29 is 14.1 Å². The van der Waals surface area contributed by atoms with Crippen molar-refractivity contribution in [2.75, 3.05) is 12.4 Å². The van der Waals surface area contributed by atoms with Crippen LogP contribution >= 0.6 is 0 Å². The Bertz CT molecular complexity index is 1190. The fourth-order valence-corrected chi connectivity index (χ4v) is 2.89. The molecule has 4 rings (SSSR count). The minimum Gasteiger partial charge on any atom is -0.465 e. The van der Waals surface area contributed by atoms with Gasteiger partial charge in [-0.1, -0.05) is 17.3 Å². The second-order valence-electron chi connectivity index (χ2n) is 6.18. The number of nitrogens with zero attached hydrogens (tertiary/aromatic N) is 4. The van der Waals surface area contributed by atoms with E-state index in [4.69, 9.17) is 9.26 Å². The fourth-order valence-electron chi connectivity index (χ4n) is 2.89. The summed E-state index contributed by atoms with van der Waals surface area (Å²) in [4.78, 5) is 25.4. The average molecular weight is 375 g/mol. The molecule has 0 fully saturated rings. The third-order valence-electron chi connectivity index (χ3n) is 4.22. The number of aryl methyl sites for hydroxylation is 2. The number of para-hydroxylation sites is 1. The van der Waals surface area contributed by atoms with Crippen molar-refractivity contribution in [3.05, 3.63) is 59.7 Å². The van der Waals surface area contributed by atoms with Gasteiger partial charge in [0, 0.05) is 17.3 Å². The van der Waals surface area contributed by atoms with Crippen LogP contribution in [0.15, 0.2) is 47.1 Å². The molecule has 0 radical (unpaired) electrons. The summed E-state index contributed by atoms with van der Waals surface area (Å²) in [7, 11) is 1.35. The number of carbonyl (C=O) groups is 1. The number of ether oxygens (including phenoxy) is 1. The number of aromatic nitrogens is 4. The van der Waals surface area contributed by atoms with Crippen LogP contribution in [0, 0.1) is 13.8 Å². The normalized spacial score (nSPS) is 10.8. The molecule has 0 spiro atoms. The van der Waals surface area contributed by atoms with Crippen molar-refractivity contribution in [1.29, 1.82) is 0 Å². The van der Waals surface area contributed by atoms with Gasteiger partial charge < -0.3 is 14.6 Å². The van der Waals surface area contributed by atoms with Gasteiger partial charge in [-0.2, -0.15) is 4.98 Å². The molecule has 0 aliphatic rings. The molecule has 0 aliphatic heterocycles. The zero-order chi connectivity index (χ0) is 19.7. The zero-order valence-electron chi connectivity index (χ0n) is 15.6. The number of fused-ring (bicyclic) bond motifs is 1. The molecule has 1 aromatic carbocycles. The van der Waals surface area contributed by atoms with Gasteiger partial charge in [0.15, 0.2) is 11.5 Å². The first-order valence-corrected chi connectivity index (χ1v) is 8.58. The summed E-state index contributed by atoms with van der Waals surface area (Å²) in [5.74, 6) is 0.397. The second-order valence-corrected chi connectivity index (χ2v) is 6.18. The van der Waals surface area contributed by atoms with Crippen LogP contribution in [0.1, 0.15) is 21.9 Å². The van der Waals surface area contributed by atoms with E-state index in [1.165, 1.54) is 7.11 Å². The Balaban J connectivity index is 1.93. The first kappa shape index (κ1) is 17.6. The molecule has 0 amide bonds. The monoisotopic (exact) mass is 375 g/mol. The van der Waals surface area contributed by atoms with Gasteiger partial charge in [0.2, 0.25) is 0 Å². The van der Waals surface area contributed by atoms with Gasteiger partial charge in [-0.3, -0.25) is 0 Å². The van der Waals surface area contributed by atoms with Crippen LogP contribution in [0.25, 0.3) is 22.5 Å². The maximum absolute atomic E-state index is 12.2. The highest BCUT2D eigenvalue weighted by Crippen LogP contribution is 2.35. The molecule has 28 heavy (non-hydrogen) atoms. The first-order valence-electron chi connectivity index (χ1n) is 8.58. The molecule has 0 aliphatic carbocycles. The van der Waals surface area contributed by atoms with Crippen LogP contribution in [0.2, 0.25) is 0 Å². The van der Waals surface area contributed by atoms with Crippen molar-refractivity contribution in [1.82, 2.24) is 20.1 Å². The number of benzene rings is 1. The number of nitrogens with one attached hydrogen (secondary N) is 1. The smallest absolute Gasteiger partial charge is 0.339 e. The highest BCUT2D eigenvalue weighted by molar-refractivity contribution is 6.02. The molecule has 0 saturated carbocycles. The largest absolute Gasteiger partial charge is 0.465 e. The number of esters is 1. The minimum absolute atomic E-state index is 0.325. The summed E-state index contributed by atoms with van der Waals surface area (Å²) < 4.78 is 10.2. The number of hydrogen-bond donors (Lipinski definition) is 1. The molecule has 8 heteroatoms. The molecule has 0 bridgehead atoms. The Kier molecular flexibility index (Phi) is 4.44. The highest BCUT2D eigenvalue weighted by atomic mass is 16.5. The number of pyridine rings is 2. The van der Waals surface area contributed by atoms with Gasteiger partial charge in [0.25, 0.3) is 5.89 Å². The van der Waals surface area contributed by atoms with Crippen molar-refractivity contribution in [2.45, 2.75) is 13.8 Å². The molecule has 8 nitrogen and oxygen atoms in total. The number of methoxy groups -OCH3 is 1. The van der Waals surface area contributed by atoms with E-state index in [1.54, 1.807) is 31.3 Å². The number of carbonyl (C=O) groups excluding carboxylic acids is 1. The van der Waals surface area contributed by atoms with E-state index >= 15 is 0 Å². The van der Waals surface area contributed by atoms with E-state index < -0.39 is 5.97 Å². The standard InChI is InChI=1S/C20H17N5O3/c1-11-8-9-14-17(24-16-7-5-4-6-13(16)20(26)27-3)15(10-21-18(14)22-11)19-23-12(2)25-28-19/h4-10H,1-3H3,(H,21,22,24). The topological polar surface area (TPSA) is 103 Å². The van der Waals surface area contributed by atoms with Gasteiger partial charge in [0.1, 0.15) is 0 Å². The maximum atomic E-state index is 12.2. The molecule has 0 saturated heterocycles. The quantitative estimate of drug-likeness (QED) is 0.537. The van der Waals surface area contributed by atoms with Crippen molar-refractivity contribution >= 4 is 28.4 Å². The molecule has 4 aromatic rings. The molecule has 3 heterocycles. The third-order valence-corrected chi connectivity index (χ3v) is 4.22. The first-order chi connectivity index (χ1) is 13.6. The molecule has 0 atom stereocenters. The third kappa shape index (κ3) is 3.16. The van der Waals surface area contributed by atoms with E-state index in [-0.39, 0.29) is 0 Å². The molecular weight excluding hydrogens is 358 g/mol. The van der Waals surface area contributed by atoms with E-state index in [0.717, 1.165) is 11.1 Å². The molecule has 0 unspecified atom stereocenters. The van der Waals surface area contributed by atoms with Crippen molar-refractivity contribution in [3.63, 3.8) is 0 Å². The van der Waals surface area contributed by atoms with E-state index in [9.17, 15) is 4.79 Å². The SMILES string of the molecule is COC(=O)c1ccccc1Nc1c(-c2nc(C)no2)cnc2nc(C)ccc12. The van der Waals surface area contributed by atoms with Crippen LogP contribution in [0.4, 0.5) is 11.4 Å². The Morgan fingerprint density at radius 2 is 1.93 bits per heavy atom. The second kappa shape index (κ2) is 7.07. The molecule has 1 N–H and O–H groups in total. The Hall–Kier alpha value is -3.81. The van der Waals surface area contributed by atoms with Crippen molar-refractivity contribution in [3.8, 4) is 11.5 Å². The Morgan fingerprint density at radius 1 is 1.11 bits per heavy atom. The summed E-state index contributed by atoms with van der Waals surface area (Å²) in [6.45, 7) is 3.64. The summed E-state index contributed by atoms with van der Waals surface area (Å²) in [5, 5.41) is 7.94. The Morgan fingerprint density at radius 3 is 2.68 bits per heavy atom. The summed E-state index contributed by atoms with van der Waals surface area (Å²) >= 11 is 0. The van der Waals surface area contributed by atoms with Crippen LogP contribution in [0.3, 0.4) is 0 Å². The summed E-state index contributed by atoms with van der Waals surface area (Å²) in [6.07, 6.45) is 1.63. The van der Waals surface area contributed by atoms with E-state index in [2.05, 4.69) is 25.4 Å². The van der Waals surface area contributed by atoms with Gasteiger partial charge in [0.05, 0.1) is 29.6 Å². The number of rotatable bonds is 4. The predicted octanol–water partition coefficient (Wildman–Crippen LogP) is 3.83. The van der Waals surface area contributed by atoms with Crippen LogP contribution in [-0.2, 0) is 4.74 Å². The summed E-state index contributed by atoms with van der Waals surface area (Å²) in [6, 6.07) is 10.9. The lowest BCUT2D eigenvalue weighted by Gasteiger charge is -2.15. The van der Waals surface area contributed by atoms with Gasteiger partial charge in [-0.15, -0.1) is 0 Å². The van der Waals surface area contributed by atoms with Crippen LogP contribution in [-0.4, -0.2) is 33.2 Å². The van der Waals surface area contributed by atoms with Crippen molar-refractivity contribution in [2.24, 2.45) is 0 Å².